The molecule has 0 bridgehead atoms. The Labute approximate surface area is 153 Å². The van der Waals surface area contributed by atoms with Crippen LogP contribution in [0.3, 0.4) is 0 Å². The molecule has 25 heavy (non-hydrogen) atoms. The van der Waals surface area contributed by atoms with Crippen LogP contribution in [0.5, 0.6) is 0 Å². The summed E-state index contributed by atoms with van der Waals surface area (Å²) in [5.41, 5.74) is 3.70. The first-order chi connectivity index (χ1) is 12.2. The van der Waals surface area contributed by atoms with Crippen LogP contribution in [0.4, 0.5) is 11.8 Å². The van der Waals surface area contributed by atoms with Gasteiger partial charge in [0.1, 0.15) is 5.82 Å². The summed E-state index contributed by atoms with van der Waals surface area (Å²) in [6.45, 7) is 3.59. The third-order valence-corrected chi connectivity index (χ3v) is 4.11. The molecule has 0 spiro atoms. The zero-order chi connectivity index (χ0) is 17.5. The van der Waals surface area contributed by atoms with Gasteiger partial charge in [0.05, 0.1) is 0 Å². The van der Waals surface area contributed by atoms with Crippen molar-refractivity contribution in [2.45, 2.75) is 19.9 Å². The molecule has 0 aliphatic heterocycles. The number of halogens is 1. The Morgan fingerprint density at radius 3 is 2.36 bits per heavy atom. The minimum Gasteiger partial charge on any atom is -0.370 e. The number of nitrogens with zero attached hydrogens (tertiary/aromatic N) is 2. The van der Waals surface area contributed by atoms with Gasteiger partial charge >= 0.3 is 0 Å². The molecule has 5 heteroatoms. The van der Waals surface area contributed by atoms with Gasteiger partial charge < -0.3 is 10.6 Å². The first-order valence-electron chi connectivity index (χ1n) is 8.30. The van der Waals surface area contributed by atoms with Crippen LogP contribution in [0.1, 0.15) is 16.7 Å². The van der Waals surface area contributed by atoms with Gasteiger partial charge in [-0.05, 0) is 42.7 Å². The number of hydrogen-bond donors (Lipinski definition) is 2. The van der Waals surface area contributed by atoms with Crippen LogP contribution in [0.15, 0.2) is 60.8 Å². The van der Waals surface area contributed by atoms with Crippen molar-refractivity contribution in [3.63, 3.8) is 0 Å². The molecule has 0 aliphatic rings. The van der Waals surface area contributed by atoms with Gasteiger partial charge in [0.2, 0.25) is 5.95 Å². The highest BCUT2D eigenvalue weighted by Gasteiger charge is 2.00. The average Bonchev–Trinajstić information content (AvgIpc) is 2.63. The second-order valence-corrected chi connectivity index (χ2v) is 6.34. The predicted molar refractivity (Wildman–Crippen MR) is 104 cm³/mol. The van der Waals surface area contributed by atoms with E-state index in [1.54, 1.807) is 6.20 Å². The van der Waals surface area contributed by atoms with Gasteiger partial charge in [0, 0.05) is 24.3 Å². The van der Waals surface area contributed by atoms with E-state index in [0.29, 0.717) is 12.5 Å². The molecular weight excluding hydrogens is 332 g/mol. The molecule has 2 aromatic carbocycles. The highest BCUT2D eigenvalue weighted by Crippen LogP contribution is 2.11. The second kappa shape index (κ2) is 8.49. The lowest BCUT2D eigenvalue weighted by atomic mass is 10.1. The quantitative estimate of drug-likeness (QED) is 0.646. The van der Waals surface area contributed by atoms with Crippen molar-refractivity contribution in [3.05, 3.63) is 82.5 Å². The summed E-state index contributed by atoms with van der Waals surface area (Å²) in [5.74, 6) is 1.44. The Morgan fingerprint density at radius 2 is 1.60 bits per heavy atom. The lowest BCUT2D eigenvalue weighted by Gasteiger charge is -2.09. The Hall–Kier alpha value is -2.59. The standard InChI is InChI=1S/C20H21ClN4/c1-15-2-4-17(5-3-15)14-24-20-23-13-11-19(25-20)22-12-10-16-6-8-18(21)9-7-16/h2-9,11,13H,10,12,14H2,1H3,(H2,22,23,24,25). The third kappa shape index (κ3) is 5.47. The minimum atomic E-state index is 0.622. The molecule has 128 valence electrons. The Kier molecular flexibility index (Phi) is 5.86. The molecule has 0 aliphatic carbocycles. The van der Waals surface area contributed by atoms with Crippen molar-refractivity contribution in [2.24, 2.45) is 0 Å². The van der Waals surface area contributed by atoms with Gasteiger partial charge in [0.15, 0.2) is 0 Å². The maximum atomic E-state index is 5.90. The number of nitrogens with one attached hydrogen (secondary N) is 2. The zero-order valence-corrected chi connectivity index (χ0v) is 14.9. The molecule has 1 aromatic heterocycles. The maximum Gasteiger partial charge on any atom is 0.224 e. The lowest BCUT2D eigenvalue weighted by Crippen LogP contribution is -2.09. The molecule has 0 fully saturated rings. The fourth-order valence-electron chi connectivity index (χ4n) is 2.42. The molecule has 2 N–H and O–H groups in total. The summed E-state index contributed by atoms with van der Waals surface area (Å²) in [4.78, 5) is 8.77. The molecule has 1 heterocycles. The van der Waals surface area contributed by atoms with E-state index >= 15 is 0 Å². The van der Waals surface area contributed by atoms with Crippen LogP contribution in [0.2, 0.25) is 5.02 Å². The van der Waals surface area contributed by atoms with E-state index in [0.717, 1.165) is 23.8 Å². The van der Waals surface area contributed by atoms with Crippen molar-refractivity contribution in [1.82, 2.24) is 9.97 Å². The topological polar surface area (TPSA) is 49.8 Å². The van der Waals surface area contributed by atoms with E-state index in [2.05, 4.69) is 51.8 Å². The van der Waals surface area contributed by atoms with Crippen LogP contribution >= 0.6 is 11.6 Å². The Bertz CT molecular complexity index is 801. The summed E-state index contributed by atoms with van der Waals surface area (Å²) in [6.07, 6.45) is 2.67. The molecule has 3 rings (SSSR count). The molecule has 0 saturated heterocycles. The van der Waals surface area contributed by atoms with Crippen LogP contribution in [0.25, 0.3) is 0 Å². The van der Waals surface area contributed by atoms with Crippen molar-refractivity contribution in [3.8, 4) is 0 Å². The maximum absolute atomic E-state index is 5.90. The minimum absolute atomic E-state index is 0.622. The van der Waals surface area contributed by atoms with E-state index in [1.807, 2.05) is 30.3 Å². The summed E-state index contributed by atoms with van der Waals surface area (Å²) >= 11 is 5.90. The fourth-order valence-corrected chi connectivity index (χ4v) is 2.54. The SMILES string of the molecule is Cc1ccc(CNc2nccc(NCCc3ccc(Cl)cc3)n2)cc1. The molecular formula is C20H21ClN4. The number of benzene rings is 2. The molecule has 0 unspecified atom stereocenters. The fraction of sp³-hybridized carbons (Fsp3) is 0.200. The van der Waals surface area contributed by atoms with Gasteiger partial charge in [-0.2, -0.15) is 4.98 Å². The molecule has 0 amide bonds. The van der Waals surface area contributed by atoms with E-state index < -0.39 is 0 Å². The van der Waals surface area contributed by atoms with Gasteiger partial charge in [-0.25, -0.2) is 4.98 Å². The van der Waals surface area contributed by atoms with Crippen molar-refractivity contribution in [2.75, 3.05) is 17.2 Å². The van der Waals surface area contributed by atoms with E-state index in [4.69, 9.17) is 11.6 Å². The van der Waals surface area contributed by atoms with Gasteiger partial charge in [-0.15, -0.1) is 0 Å². The van der Waals surface area contributed by atoms with Gasteiger partial charge in [-0.3, -0.25) is 0 Å². The van der Waals surface area contributed by atoms with Crippen molar-refractivity contribution >= 4 is 23.4 Å². The van der Waals surface area contributed by atoms with Crippen LogP contribution in [-0.4, -0.2) is 16.5 Å². The highest BCUT2D eigenvalue weighted by atomic mass is 35.5. The Balaban J connectivity index is 1.50. The Morgan fingerprint density at radius 1 is 0.880 bits per heavy atom. The molecule has 0 saturated carbocycles. The van der Waals surface area contributed by atoms with Crippen molar-refractivity contribution in [1.29, 1.82) is 0 Å². The number of aromatic nitrogens is 2. The highest BCUT2D eigenvalue weighted by molar-refractivity contribution is 6.30. The summed E-state index contributed by atoms with van der Waals surface area (Å²) in [6, 6.07) is 18.2. The third-order valence-electron chi connectivity index (χ3n) is 3.86. The number of anilines is 2. The predicted octanol–water partition coefficient (Wildman–Crippen LogP) is 4.71. The molecule has 0 radical (unpaired) electrons. The second-order valence-electron chi connectivity index (χ2n) is 5.91. The lowest BCUT2D eigenvalue weighted by molar-refractivity contribution is 0.991. The normalized spacial score (nSPS) is 10.5. The van der Waals surface area contributed by atoms with E-state index in [9.17, 15) is 0 Å². The number of hydrogen-bond acceptors (Lipinski definition) is 4. The molecule has 3 aromatic rings. The van der Waals surface area contributed by atoms with Crippen LogP contribution in [-0.2, 0) is 13.0 Å². The number of rotatable bonds is 7. The molecule has 4 nitrogen and oxygen atoms in total. The summed E-state index contributed by atoms with van der Waals surface area (Å²) in [5, 5.41) is 7.35. The summed E-state index contributed by atoms with van der Waals surface area (Å²) < 4.78 is 0. The largest absolute Gasteiger partial charge is 0.370 e. The summed E-state index contributed by atoms with van der Waals surface area (Å²) in [7, 11) is 0. The van der Waals surface area contributed by atoms with Gasteiger partial charge in [0.25, 0.3) is 0 Å². The zero-order valence-electron chi connectivity index (χ0n) is 14.2. The van der Waals surface area contributed by atoms with Crippen molar-refractivity contribution < 1.29 is 0 Å². The van der Waals surface area contributed by atoms with Crippen LogP contribution in [0, 0.1) is 6.92 Å². The monoisotopic (exact) mass is 352 g/mol. The van der Waals surface area contributed by atoms with E-state index in [1.165, 1.54) is 16.7 Å². The first-order valence-corrected chi connectivity index (χ1v) is 8.67. The van der Waals surface area contributed by atoms with E-state index in [-0.39, 0.29) is 0 Å². The van der Waals surface area contributed by atoms with Crippen LogP contribution < -0.4 is 10.6 Å². The van der Waals surface area contributed by atoms with Gasteiger partial charge in [-0.1, -0.05) is 53.6 Å². The smallest absolute Gasteiger partial charge is 0.224 e. The average molecular weight is 353 g/mol. The molecule has 0 atom stereocenters. The number of aryl methyl sites for hydroxylation is 1. The first kappa shape index (κ1) is 17.2.